The van der Waals surface area contributed by atoms with Crippen molar-refractivity contribution in [3.05, 3.63) is 77.6 Å². The zero-order chi connectivity index (χ0) is 19.9. The number of ether oxygens (including phenoxy) is 2. The molecule has 0 bridgehead atoms. The van der Waals surface area contributed by atoms with E-state index in [-0.39, 0.29) is 12.7 Å². The van der Waals surface area contributed by atoms with E-state index in [1.807, 2.05) is 36.4 Å². The second kappa shape index (κ2) is 9.05. The van der Waals surface area contributed by atoms with Gasteiger partial charge in [0.2, 0.25) is 12.7 Å². The average molecular weight is 390 g/mol. The minimum absolute atomic E-state index is 0.224. The summed E-state index contributed by atoms with van der Waals surface area (Å²) in [6, 6.07) is 15.9. The van der Waals surface area contributed by atoms with E-state index in [9.17, 15) is 4.79 Å². The van der Waals surface area contributed by atoms with Crippen molar-refractivity contribution in [3.8, 4) is 11.5 Å². The SMILES string of the molecule is O=C(NCc1ccc2c(c1)OCO2)c1cnc(NCCCc2ccccc2)nc1. The maximum absolute atomic E-state index is 12.3. The first-order chi connectivity index (χ1) is 14.3. The Hall–Kier alpha value is -3.61. The summed E-state index contributed by atoms with van der Waals surface area (Å²) < 4.78 is 10.6. The number of fused-ring (bicyclic) bond motifs is 1. The van der Waals surface area contributed by atoms with Gasteiger partial charge in [-0.1, -0.05) is 36.4 Å². The van der Waals surface area contributed by atoms with E-state index in [1.54, 1.807) is 0 Å². The highest BCUT2D eigenvalue weighted by Gasteiger charge is 2.14. The third-order valence-corrected chi connectivity index (χ3v) is 4.57. The molecule has 1 aliphatic rings. The van der Waals surface area contributed by atoms with Gasteiger partial charge in [0.25, 0.3) is 5.91 Å². The van der Waals surface area contributed by atoms with Crippen molar-refractivity contribution in [2.75, 3.05) is 18.7 Å². The summed E-state index contributed by atoms with van der Waals surface area (Å²) in [5.41, 5.74) is 2.66. The third kappa shape index (κ3) is 5.01. The normalized spacial score (nSPS) is 11.9. The number of benzene rings is 2. The number of nitrogens with zero attached hydrogens (tertiary/aromatic N) is 2. The van der Waals surface area contributed by atoms with Crippen molar-refractivity contribution in [1.82, 2.24) is 15.3 Å². The number of anilines is 1. The topological polar surface area (TPSA) is 85.4 Å². The van der Waals surface area contributed by atoms with Crippen molar-refractivity contribution in [3.63, 3.8) is 0 Å². The fourth-order valence-corrected chi connectivity index (χ4v) is 3.01. The molecule has 2 heterocycles. The van der Waals surface area contributed by atoms with Gasteiger partial charge in [0.15, 0.2) is 11.5 Å². The van der Waals surface area contributed by atoms with Crippen LogP contribution in [0.3, 0.4) is 0 Å². The molecular weight excluding hydrogens is 368 g/mol. The number of aryl methyl sites for hydroxylation is 1. The number of aromatic nitrogens is 2. The van der Waals surface area contributed by atoms with E-state index >= 15 is 0 Å². The lowest BCUT2D eigenvalue weighted by molar-refractivity contribution is 0.0950. The highest BCUT2D eigenvalue weighted by Crippen LogP contribution is 2.32. The highest BCUT2D eigenvalue weighted by molar-refractivity contribution is 5.93. The Kier molecular flexibility index (Phi) is 5.85. The molecule has 0 radical (unpaired) electrons. The highest BCUT2D eigenvalue weighted by atomic mass is 16.7. The summed E-state index contributed by atoms with van der Waals surface area (Å²) in [6.45, 7) is 1.38. The van der Waals surface area contributed by atoms with Crippen LogP contribution in [0.5, 0.6) is 11.5 Å². The van der Waals surface area contributed by atoms with E-state index in [2.05, 4.69) is 32.7 Å². The molecule has 2 aromatic carbocycles. The van der Waals surface area contributed by atoms with Gasteiger partial charge in [0.1, 0.15) is 0 Å². The Bertz CT molecular complexity index is 962. The van der Waals surface area contributed by atoms with Crippen molar-refractivity contribution in [2.45, 2.75) is 19.4 Å². The first-order valence-corrected chi connectivity index (χ1v) is 9.54. The maximum atomic E-state index is 12.3. The third-order valence-electron chi connectivity index (χ3n) is 4.57. The van der Waals surface area contributed by atoms with Crippen molar-refractivity contribution in [1.29, 1.82) is 0 Å². The van der Waals surface area contributed by atoms with Crippen LogP contribution >= 0.6 is 0 Å². The molecule has 2 N–H and O–H groups in total. The summed E-state index contributed by atoms with van der Waals surface area (Å²) in [5.74, 6) is 1.71. The maximum Gasteiger partial charge on any atom is 0.254 e. The standard InChI is InChI=1S/C22H22N4O3/c27-21(24-12-17-8-9-19-20(11-17)29-15-28-19)18-13-25-22(26-14-18)23-10-4-7-16-5-2-1-3-6-16/h1-3,5-6,8-9,11,13-14H,4,7,10,12,15H2,(H,24,27)(H,23,25,26). The zero-order valence-electron chi connectivity index (χ0n) is 15.9. The smallest absolute Gasteiger partial charge is 0.254 e. The molecule has 0 aliphatic carbocycles. The number of nitrogens with one attached hydrogen (secondary N) is 2. The first kappa shape index (κ1) is 18.7. The first-order valence-electron chi connectivity index (χ1n) is 9.54. The predicted molar refractivity (Wildman–Crippen MR) is 109 cm³/mol. The molecule has 7 nitrogen and oxygen atoms in total. The number of hydrogen-bond acceptors (Lipinski definition) is 6. The lowest BCUT2D eigenvalue weighted by Gasteiger charge is -2.07. The molecule has 0 atom stereocenters. The van der Waals surface area contributed by atoms with Crippen LogP contribution in [0.15, 0.2) is 60.9 Å². The minimum atomic E-state index is -0.224. The molecule has 0 fully saturated rings. The molecular formula is C22H22N4O3. The van der Waals surface area contributed by atoms with E-state index in [0.717, 1.165) is 30.7 Å². The summed E-state index contributed by atoms with van der Waals surface area (Å²) in [4.78, 5) is 20.8. The molecule has 0 unspecified atom stereocenters. The molecule has 4 rings (SSSR count). The van der Waals surface area contributed by atoms with Crippen LogP contribution in [0.1, 0.15) is 27.9 Å². The fraction of sp³-hybridized carbons (Fsp3) is 0.227. The Labute approximate surface area is 169 Å². The van der Waals surface area contributed by atoms with Gasteiger partial charge >= 0.3 is 0 Å². The van der Waals surface area contributed by atoms with Crippen LogP contribution in [0, 0.1) is 0 Å². The number of carbonyl (C=O) groups is 1. The molecule has 1 amide bonds. The van der Waals surface area contributed by atoms with Gasteiger partial charge in [-0.15, -0.1) is 0 Å². The van der Waals surface area contributed by atoms with Crippen molar-refractivity contribution < 1.29 is 14.3 Å². The monoisotopic (exact) mass is 390 g/mol. The lowest BCUT2D eigenvalue weighted by Crippen LogP contribution is -2.23. The zero-order valence-corrected chi connectivity index (χ0v) is 15.9. The second-order valence-corrected chi connectivity index (χ2v) is 6.68. The summed E-state index contributed by atoms with van der Waals surface area (Å²) in [6.07, 6.45) is 5.03. The van der Waals surface area contributed by atoms with Gasteiger partial charge < -0.3 is 20.1 Å². The van der Waals surface area contributed by atoms with Crippen molar-refractivity contribution >= 4 is 11.9 Å². The molecule has 1 aliphatic heterocycles. The molecule has 0 spiro atoms. The second-order valence-electron chi connectivity index (χ2n) is 6.68. The van der Waals surface area contributed by atoms with Crippen LogP contribution in [0.4, 0.5) is 5.95 Å². The molecule has 3 aromatic rings. The van der Waals surface area contributed by atoms with Crippen LogP contribution in [-0.4, -0.2) is 29.2 Å². The largest absolute Gasteiger partial charge is 0.454 e. The molecule has 0 saturated carbocycles. The quantitative estimate of drug-likeness (QED) is 0.575. The number of hydrogen-bond donors (Lipinski definition) is 2. The average Bonchev–Trinajstić information content (AvgIpc) is 3.24. The summed E-state index contributed by atoms with van der Waals surface area (Å²) >= 11 is 0. The number of amides is 1. The Morgan fingerprint density at radius 2 is 1.76 bits per heavy atom. The summed E-state index contributed by atoms with van der Waals surface area (Å²) in [7, 11) is 0. The van der Waals surface area contributed by atoms with Gasteiger partial charge in [-0.05, 0) is 36.1 Å². The fourth-order valence-electron chi connectivity index (χ4n) is 3.01. The van der Waals surface area contributed by atoms with Gasteiger partial charge in [0.05, 0.1) is 5.56 Å². The Morgan fingerprint density at radius 1 is 0.966 bits per heavy atom. The number of rotatable bonds is 8. The van der Waals surface area contributed by atoms with Gasteiger partial charge in [-0.3, -0.25) is 4.79 Å². The van der Waals surface area contributed by atoms with E-state index in [0.29, 0.717) is 23.8 Å². The molecule has 148 valence electrons. The Morgan fingerprint density at radius 3 is 2.59 bits per heavy atom. The summed E-state index contributed by atoms with van der Waals surface area (Å²) in [5, 5.41) is 6.04. The molecule has 29 heavy (non-hydrogen) atoms. The van der Waals surface area contributed by atoms with Crippen molar-refractivity contribution in [2.24, 2.45) is 0 Å². The van der Waals surface area contributed by atoms with Crippen LogP contribution in [-0.2, 0) is 13.0 Å². The predicted octanol–water partition coefficient (Wildman–Crippen LogP) is 3.18. The Balaban J connectivity index is 1.22. The lowest BCUT2D eigenvalue weighted by atomic mass is 10.1. The minimum Gasteiger partial charge on any atom is -0.454 e. The van der Waals surface area contributed by atoms with E-state index in [4.69, 9.17) is 9.47 Å². The van der Waals surface area contributed by atoms with E-state index in [1.165, 1.54) is 18.0 Å². The van der Waals surface area contributed by atoms with Crippen LogP contribution < -0.4 is 20.1 Å². The molecule has 0 saturated heterocycles. The van der Waals surface area contributed by atoms with Gasteiger partial charge in [0, 0.05) is 25.5 Å². The molecule has 7 heteroatoms. The van der Waals surface area contributed by atoms with E-state index < -0.39 is 0 Å². The molecule has 1 aromatic heterocycles. The van der Waals surface area contributed by atoms with Crippen LogP contribution in [0.2, 0.25) is 0 Å². The van der Waals surface area contributed by atoms with Gasteiger partial charge in [-0.25, -0.2) is 9.97 Å². The number of carbonyl (C=O) groups excluding carboxylic acids is 1. The van der Waals surface area contributed by atoms with Crippen LogP contribution in [0.25, 0.3) is 0 Å². The van der Waals surface area contributed by atoms with Gasteiger partial charge in [-0.2, -0.15) is 0 Å².